The average Bonchev–Trinajstić information content (AvgIpc) is 2.98. The minimum absolute atomic E-state index is 0. The second kappa shape index (κ2) is 18.4. The fourth-order valence-electron chi connectivity index (χ4n) is 0.447. The first-order valence-corrected chi connectivity index (χ1v) is 10.4. The van der Waals surface area contributed by atoms with E-state index in [0.29, 0.717) is 0 Å². The van der Waals surface area contributed by atoms with E-state index in [1.807, 2.05) is 0 Å². The van der Waals surface area contributed by atoms with Gasteiger partial charge in [-0.3, -0.25) is 6.58 Å². The van der Waals surface area contributed by atoms with Crippen molar-refractivity contribution in [1.82, 2.24) is 0 Å². The molecule has 0 aromatic rings. The summed E-state index contributed by atoms with van der Waals surface area (Å²) in [5.74, 6) is 0. The summed E-state index contributed by atoms with van der Waals surface area (Å²) in [7, 11) is -0.528. The zero-order chi connectivity index (χ0) is 12.1. The second-order valence-electron chi connectivity index (χ2n) is 3.74. The normalized spacial score (nSPS) is 14.1. The molecule has 0 aromatic heterocycles. The number of hydrogen-bond acceptors (Lipinski definition) is 0. The summed E-state index contributed by atoms with van der Waals surface area (Å²) in [6.07, 6.45) is 10.0. The molecule has 0 atom stereocenters. The van der Waals surface area contributed by atoms with Crippen molar-refractivity contribution in [2.45, 2.75) is 51.9 Å². The molecule has 2 rings (SSSR count). The summed E-state index contributed by atoms with van der Waals surface area (Å²) < 4.78 is 4.48. The van der Waals surface area contributed by atoms with Gasteiger partial charge in [0, 0.05) is 0 Å². The molecule has 0 amide bonds. The van der Waals surface area contributed by atoms with Gasteiger partial charge in [0.2, 0.25) is 0 Å². The minimum atomic E-state index is -0.264. The van der Waals surface area contributed by atoms with Crippen LogP contribution in [0.2, 0.25) is 26.2 Å². The minimum Gasteiger partial charge on any atom is -0.673 e. The summed E-state index contributed by atoms with van der Waals surface area (Å²) in [5.41, 5.74) is 0. The van der Waals surface area contributed by atoms with Crippen LogP contribution >= 0.6 is 0 Å². The predicted molar refractivity (Wildman–Crippen MR) is 75.3 cm³/mol. The maximum atomic E-state index is 4.48. The molecule has 0 bridgehead atoms. The smallest absolute Gasteiger partial charge is 0.673 e. The van der Waals surface area contributed by atoms with E-state index >= 15 is 0 Å². The van der Waals surface area contributed by atoms with Crippen molar-refractivity contribution in [2.75, 3.05) is 0 Å². The maximum absolute atomic E-state index is 4.48. The molecule has 0 spiro atoms. The van der Waals surface area contributed by atoms with E-state index in [9.17, 15) is 0 Å². The van der Waals surface area contributed by atoms with Gasteiger partial charge in [0.25, 0.3) is 0 Å². The van der Waals surface area contributed by atoms with Crippen LogP contribution in [-0.4, -0.2) is 17.9 Å². The fourth-order valence-corrected chi connectivity index (χ4v) is 4.02. The number of rotatable bonds is 2. The molecule has 2 radical (unpaired) electrons. The third-order valence-electron chi connectivity index (χ3n) is 1.02. The quantitative estimate of drug-likeness (QED) is 0.525. The fraction of sp³-hybridized carbons (Fsp3) is 0.667. The van der Waals surface area contributed by atoms with Crippen LogP contribution in [0.5, 0.6) is 0 Å². The predicted octanol–water partition coefficient (Wildman–Crippen LogP) is 4.43. The van der Waals surface area contributed by atoms with Crippen LogP contribution in [0.3, 0.4) is 0 Å². The summed E-state index contributed by atoms with van der Waals surface area (Å²) in [6, 6.07) is 0. The van der Waals surface area contributed by atoms with Gasteiger partial charge in [0.05, 0.1) is 0 Å². The SMILES string of the molecule is C[Si](C)[N-][Si](C)C.[CH-]1CC1.[CH-]1CC1.[CH-]=C.[Zr+4]. The first-order chi connectivity index (χ1) is 7.13. The van der Waals surface area contributed by atoms with Crippen molar-refractivity contribution in [3.8, 4) is 0 Å². The Kier molecular flexibility index (Phi) is 25.5. The van der Waals surface area contributed by atoms with Gasteiger partial charge in [-0.15, -0.1) is 0 Å². The molecule has 0 aromatic carbocycles. The third kappa shape index (κ3) is 59.9. The molecule has 0 unspecified atom stereocenters. The molecule has 4 heteroatoms. The zero-order valence-corrected chi connectivity index (χ0v) is 15.7. The zero-order valence-electron chi connectivity index (χ0n) is 11.2. The molecule has 2 aliphatic rings. The van der Waals surface area contributed by atoms with E-state index < -0.39 is 0 Å². The molecule has 2 fully saturated rings. The van der Waals surface area contributed by atoms with Gasteiger partial charge in [0.15, 0.2) is 0 Å². The van der Waals surface area contributed by atoms with Gasteiger partial charge in [-0.05, 0) is 0 Å². The second-order valence-corrected chi connectivity index (χ2v) is 8.42. The molecule has 0 aliphatic heterocycles. The first-order valence-electron chi connectivity index (χ1n) is 5.49. The van der Waals surface area contributed by atoms with E-state index in [-0.39, 0.29) is 44.1 Å². The van der Waals surface area contributed by atoms with Crippen LogP contribution in [0.4, 0.5) is 0 Å². The maximum Gasteiger partial charge on any atom is 4.00 e. The summed E-state index contributed by atoms with van der Waals surface area (Å²) in [6.45, 7) is 15.9. The van der Waals surface area contributed by atoms with E-state index in [4.69, 9.17) is 0 Å². The number of nitrogens with zero attached hydrogens (tertiary/aromatic N) is 1. The van der Waals surface area contributed by atoms with Crippen LogP contribution in [0.15, 0.2) is 6.58 Å². The van der Waals surface area contributed by atoms with E-state index in [2.05, 4.69) is 56.8 Å². The van der Waals surface area contributed by atoms with E-state index in [1.165, 1.54) is 25.7 Å². The molecule has 16 heavy (non-hydrogen) atoms. The summed E-state index contributed by atoms with van der Waals surface area (Å²) in [5, 5.41) is 0. The molecule has 1 nitrogen and oxygen atoms in total. The summed E-state index contributed by atoms with van der Waals surface area (Å²) in [4.78, 5) is 0. The monoisotopic (exact) mass is 329 g/mol. The Labute approximate surface area is 126 Å². The van der Waals surface area contributed by atoms with Gasteiger partial charge in [0.1, 0.15) is 0 Å². The summed E-state index contributed by atoms with van der Waals surface area (Å²) >= 11 is 0. The van der Waals surface area contributed by atoms with Crippen LogP contribution in [-0.2, 0) is 26.2 Å². The topological polar surface area (TPSA) is 14.1 Å². The average molecular weight is 331 g/mol. The molecule has 0 N–H and O–H groups in total. The van der Waals surface area contributed by atoms with Gasteiger partial charge < -0.3 is 24.1 Å². The van der Waals surface area contributed by atoms with Crippen molar-refractivity contribution in [1.29, 1.82) is 0 Å². The molecular weight excluding hydrogens is 306 g/mol. The van der Waals surface area contributed by atoms with Crippen molar-refractivity contribution >= 4 is 17.9 Å². The third-order valence-corrected chi connectivity index (χ3v) is 4.60. The van der Waals surface area contributed by atoms with Crippen molar-refractivity contribution < 1.29 is 26.2 Å². The van der Waals surface area contributed by atoms with E-state index in [1.54, 1.807) is 0 Å². The van der Waals surface area contributed by atoms with Gasteiger partial charge >= 0.3 is 26.2 Å². The Bertz CT molecular complexity index is 100. The van der Waals surface area contributed by atoms with Crippen LogP contribution in [0, 0.1) is 19.4 Å². The van der Waals surface area contributed by atoms with E-state index in [0.717, 1.165) is 0 Å². The van der Waals surface area contributed by atoms with Crippen molar-refractivity contribution in [3.63, 3.8) is 0 Å². The van der Waals surface area contributed by atoms with Gasteiger partial charge in [-0.25, -0.2) is 25.7 Å². The van der Waals surface area contributed by atoms with Crippen molar-refractivity contribution in [3.05, 3.63) is 30.6 Å². The molecule has 2 aliphatic carbocycles. The molecular formula is C12H25NSi2Zr. The van der Waals surface area contributed by atoms with Crippen molar-refractivity contribution in [2.24, 2.45) is 0 Å². The molecule has 0 saturated heterocycles. The van der Waals surface area contributed by atoms with Crippen LogP contribution in [0.25, 0.3) is 4.65 Å². The molecule has 90 valence electrons. The first kappa shape index (κ1) is 22.2. The Hall–Kier alpha value is 1.02. The van der Waals surface area contributed by atoms with Gasteiger partial charge in [-0.2, -0.15) is 0 Å². The molecule has 2 saturated carbocycles. The Morgan fingerprint density at radius 1 is 0.875 bits per heavy atom. The van der Waals surface area contributed by atoms with Gasteiger partial charge in [-0.1, -0.05) is 44.1 Å². The van der Waals surface area contributed by atoms with Crippen LogP contribution < -0.4 is 0 Å². The largest absolute Gasteiger partial charge is 4.00 e. The Balaban J connectivity index is -0.000000156. The Morgan fingerprint density at radius 3 is 1.06 bits per heavy atom. The van der Waals surface area contributed by atoms with Crippen LogP contribution in [0.1, 0.15) is 25.7 Å². The Morgan fingerprint density at radius 2 is 1.06 bits per heavy atom. The number of hydrogen-bond donors (Lipinski definition) is 0. The molecule has 0 heterocycles. The standard InChI is InChI=1S/C4H12NSi2.2C3H5.C2H3.Zr/c1-6(2)5-7(3)4;2*1-2-3-1;1-2;/h1-4H3;2*1H,2-3H2;1H,2H2;/q4*-1;+4.